The molecule has 25 heavy (non-hydrogen) atoms. The lowest BCUT2D eigenvalue weighted by Crippen LogP contribution is -2.42. The van der Waals surface area contributed by atoms with Gasteiger partial charge in [0.05, 0.1) is 19.3 Å². The van der Waals surface area contributed by atoms with Crippen LogP contribution in [-0.2, 0) is 0 Å². The monoisotopic (exact) mass is 339 g/mol. The summed E-state index contributed by atoms with van der Waals surface area (Å²) in [5.74, 6) is 1.93. The van der Waals surface area contributed by atoms with E-state index in [-0.39, 0.29) is 18.6 Å². The molecule has 2 N–H and O–H groups in total. The molecule has 0 aromatic heterocycles. The quantitative estimate of drug-likeness (QED) is 0.799. The minimum absolute atomic E-state index is 0.0188. The van der Waals surface area contributed by atoms with Gasteiger partial charge in [-0.25, -0.2) is 0 Å². The number of benzene rings is 2. The lowest BCUT2D eigenvalue weighted by atomic mass is 9.88. The van der Waals surface area contributed by atoms with Crippen molar-refractivity contribution in [3.05, 3.63) is 45.8 Å². The summed E-state index contributed by atoms with van der Waals surface area (Å²) >= 11 is 0. The molecule has 5 rings (SSSR count). The zero-order chi connectivity index (χ0) is 17.1. The lowest BCUT2D eigenvalue weighted by molar-refractivity contribution is 0.118. The van der Waals surface area contributed by atoms with Crippen LogP contribution in [-0.4, -0.2) is 35.6 Å². The Morgan fingerprint density at radius 3 is 2.68 bits per heavy atom. The van der Waals surface area contributed by atoms with Gasteiger partial charge in [0, 0.05) is 18.0 Å². The van der Waals surface area contributed by atoms with Gasteiger partial charge in [0.1, 0.15) is 0 Å². The number of hydrogen-bond acceptors (Lipinski definition) is 6. The fourth-order valence-electron chi connectivity index (χ4n) is 3.86. The van der Waals surface area contributed by atoms with Gasteiger partial charge in [-0.1, -0.05) is 6.07 Å². The maximum atomic E-state index is 10.6. The van der Waals surface area contributed by atoms with Crippen LogP contribution in [0.25, 0.3) is 12.3 Å². The van der Waals surface area contributed by atoms with E-state index < -0.39 is 6.10 Å². The van der Waals surface area contributed by atoms with Gasteiger partial charge < -0.3 is 29.3 Å². The third-order valence-corrected chi connectivity index (χ3v) is 5.04. The molecular formula is C19H17NO5. The second-order valence-electron chi connectivity index (χ2n) is 6.41. The number of fused-ring (bicyclic) bond motifs is 5. The van der Waals surface area contributed by atoms with Crippen LogP contribution in [0, 0.1) is 0 Å². The molecule has 6 nitrogen and oxygen atoms in total. The zero-order valence-corrected chi connectivity index (χ0v) is 13.6. The topological polar surface area (TPSA) is 71.4 Å². The number of hydrogen-bond donors (Lipinski definition) is 2. The second kappa shape index (κ2) is 5.07. The Kier molecular flexibility index (Phi) is 2.93. The number of phenols is 1. The minimum Gasteiger partial charge on any atom is -0.504 e. The van der Waals surface area contributed by atoms with Crippen LogP contribution in [0.1, 0.15) is 23.3 Å². The van der Waals surface area contributed by atoms with E-state index in [4.69, 9.17) is 14.2 Å². The van der Waals surface area contributed by atoms with Gasteiger partial charge in [-0.3, -0.25) is 0 Å². The average Bonchev–Trinajstić information content (AvgIpc) is 3.07. The standard InChI is InChI=1S/C19H17NO5/c1-23-19-13-7-20-8-16(22)12-6-18-17(24-9-25-18)5-11(12)14(20)4-10(13)2-3-15(19)21/h2-7,14,16,21-22H,8-9H2,1H3. The molecular weight excluding hydrogens is 322 g/mol. The van der Waals surface area contributed by atoms with E-state index in [2.05, 4.69) is 11.0 Å². The molecule has 0 spiro atoms. The zero-order valence-electron chi connectivity index (χ0n) is 13.6. The molecule has 0 amide bonds. The third-order valence-electron chi connectivity index (χ3n) is 5.04. The Balaban J connectivity index is 1.73. The summed E-state index contributed by atoms with van der Waals surface area (Å²) < 4.78 is 16.3. The summed E-state index contributed by atoms with van der Waals surface area (Å²) in [6, 6.07) is 7.31. The number of aliphatic hydroxyl groups excluding tert-OH is 1. The third kappa shape index (κ3) is 2.01. The van der Waals surface area contributed by atoms with Crippen LogP contribution in [0.5, 0.6) is 23.0 Å². The average molecular weight is 339 g/mol. The number of nitrogens with zero attached hydrogens (tertiary/aromatic N) is 1. The van der Waals surface area contributed by atoms with E-state index in [0.717, 1.165) is 21.6 Å². The largest absolute Gasteiger partial charge is 0.504 e. The molecule has 0 radical (unpaired) electrons. The van der Waals surface area contributed by atoms with Crippen molar-refractivity contribution in [3.8, 4) is 23.0 Å². The molecule has 0 bridgehead atoms. The Hall–Kier alpha value is -2.86. The van der Waals surface area contributed by atoms with Crippen molar-refractivity contribution in [1.29, 1.82) is 0 Å². The molecule has 2 aromatic rings. The molecule has 2 aromatic carbocycles. The van der Waals surface area contributed by atoms with E-state index in [1.807, 2.05) is 24.4 Å². The number of aromatic hydroxyl groups is 1. The van der Waals surface area contributed by atoms with E-state index in [1.54, 1.807) is 6.07 Å². The van der Waals surface area contributed by atoms with Gasteiger partial charge in [0.25, 0.3) is 0 Å². The molecule has 128 valence electrons. The maximum Gasteiger partial charge on any atom is 0.231 e. The molecule has 0 aliphatic carbocycles. The van der Waals surface area contributed by atoms with Gasteiger partial charge in [0.15, 0.2) is 23.0 Å². The van der Waals surface area contributed by atoms with Crippen molar-refractivity contribution in [2.24, 2.45) is 0 Å². The highest BCUT2D eigenvalue weighted by Crippen LogP contribution is 2.44. The van der Waals surface area contributed by atoms with Crippen LogP contribution in [0.3, 0.4) is 0 Å². The highest BCUT2D eigenvalue weighted by Gasteiger charge is 2.33. The van der Waals surface area contributed by atoms with Crippen molar-refractivity contribution in [1.82, 2.24) is 4.90 Å². The number of methoxy groups -OCH3 is 1. The molecule has 2 unspecified atom stereocenters. The van der Waals surface area contributed by atoms with E-state index in [9.17, 15) is 10.2 Å². The number of phenolic OH excluding ortho intramolecular Hbond substituents is 1. The smallest absolute Gasteiger partial charge is 0.231 e. The SMILES string of the molecule is COc1c(O)ccc2c1=CN1CC(O)c3cc4c(cc3C1C=2)OCO4. The van der Waals surface area contributed by atoms with Gasteiger partial charge in [-0.05, 0) is 40.6 Å². The van der Waals surface area contributed by atoms with Crippen LogP contribution in [0.4, 0.5) is 0 Å². The molecule has 3 heterocycles. The van der Waals surface area contributed by atoms with Gasteiger partial charge >= 0.3 is 0 Å². The Labute approximate surface area is 143 Å². The summed E-state index contributed by atoms with van der Waals surface area (Å²) in [6.45, 7) is 0.657. The first kappa shape index (κ1) is 14.5. The molecule has 2 atom stereocenters. The molecule has 0 fully saturated rings. The maximum absolute atomic E-state index is 10.6. The summed E-state index contributed by atoms with van der Waals surface area (Å²) in [4.78, 5) is 2.06. The van der Waals surface area contributed by atoms with E-state index >= 15 is 0 Å². The van der Waals surface area contributed by atoms with Gasteiger partial charge in [-0.15, -0.1) is 0 Å². The van der Waals surface area contributed by atoms with Crippen molar-refractivity contribution < 1.29 is 24.4 Å². The van der Waals surface area contributed by atoms with Crippen molar-refractivity contribution in [3.63, 3.8) is 0 Å². The normalized spacial score (nSPS) is 22.2. The van der Waals surface area contributed by atoms with Crippen molar-refractivity contribution in [2.45, 2.75) is 12.1 Å². The highest BCUT2D eigenvalue weighted by molar-refractivity contribution is 5.59. The molecule has 3 aliphatic heterocycles. The van der Waals surface area contributed by atoms with E-state index in [0.29, 0.717) is 23.8 Å². The minimum atomic E-state index is -0.629. The Morgan fingerprint density at radius 2 is 1.92 bits per heavy atom. The van der Waals surface area contributed by atoms with Crippen LogP contribution in [0.15, 0.2) is 24.3 Å². The summed E-state index contributed by atoms with van der Waals surface area (Å²) in [5, 5.41) is 22.4. The first-order valence-corrected chi connectivity index (χ1v) is 8.12. The van der Waals surface area contributed by atoms with Gasteiger partial charge in [-0.2, -0.15) is 0 Å². The van der Waals surface area contributed by atoms with Crippen molar-refractivity contribution >= 4 is 12.3 Å². The van der Waals surface area contributed by atoms with Crippen molar-refractivity contribution in [2.75, 3.05) is 20.4 Å². The number of ether oxygens (including phenoxy) is 3. The summed E-state index contributed by atoms with van der Waals surface area (Å²) in [7, 11) is 1.54. The number of aliphatic hydroxyl groups is 1. The summed E-state index contributed by atoms with van der Waals surface area (Å²) in [6.07, 6.45) is 3.43. The Morgan fingerprint density at radius 1 is 1.16 bits per heavy atom. The lowest BCUT2D eigenvalue weighted by Gasteiger charge is -2.39. The molecule has 6 heteroatoms. The molecule has 0 saturated heterocycles. The van der Waals surface area contributed by atoms with Crippen LogP contribution < -0.4 is 24.6 Å². The summed E-state index contributed by atoms with van der Waals surface area (Å²) in [5.41, 5.74) is 1.86. The van der Waals surface area contributed by atoms with E-state index in [1.165, 1.54) is 7.11 Å². The van der Waals surface area contributed by atoms with Gasteiger partial charge in [0.2, 0.25) is 6.79 Å². The number of rotatable bonds is 1. The van der Waals surface area contributed by atoms with Crippen LogP contribution >= 0.6 is 0 Å². The fraction of sp³-hybridized carbons (Fsp3) is 0.263. The Bertz CT molecular complexity index is 1000. The first-order valence-electron chi connectivity index (χ1n) is 8.12. The second-order valence-corrected chi connectivity index (χ2v) is 6.41. The molecule has 3 aliphatic rings. The predicted molar refractivity (Wildman–Crippen MR) is 89.8 cm³/mol. The predicted octanol–water partition coefficient (Wildman–Crippen LogP) is 0.752. The fourth-order valence-corrected chi connectivity index (χ4v) is 3.86. The molecule has 0 saturated carbocycles. The highest BCUT2D eigenvalue weighted by atomic mass is 16.7. The van der Waals surface area contributed by atoms with Crippen LogP contribution in [0.2, 0.25) is 0 Å². The first-order chi connectivity index (χ1) is 12.2.